The van der Waals surface area contributed by atoms with E-state index in [2.05, 4.69) is 4.90 Å². The van der Waals surface area contributed by atoms with Crippen molar-refractivity contribution < 1.29 is 9.50 Å². The minimum absolute atomic E-state index is 0.116. The summed E-state index contributed by atoms with van der Waals surface area (Å²) in [5.74, 6) is -0.142. The van der Waals surface area contributed by atoms with Crippen LogP contribution in [-0.2, 0) is 6.42 Å². The van der Waals surface area contributed by atoms with Crippen LogP contribution in [0, 0.1) is 5.82 Å². The summed E-state index contributed by atoms with van der Waals surface area (Å²) < 4.78 is 14.3. The Morgan fingerprint density at radius 2 is 1.89 bits per heavy atom. The van der Waals surface area contributed by atoms with Crippen molar-refractivity contribution in [3.63, 3.8) is 0 Å². The lowest BCUT2D eigenvalue weighted by molar-refractivity contribution is 0.431. The van der Waals surface area contributed by atoms with Gasteiger partial charge < -0.3 is 10.0 Å². The Morgan fingerprint density at radius 3 is 2.44 bits per heavy atom. The Labute approximate surface area is 107 Å². The first-order chi connectivity index (χ1) is 8.70. The lowest BCUT2D eigenvalue weighted by atomic mass is 10.0. The monoisotopic (exact) mass is 249 g/mol. The summed E-state index contributed by atoms with van der Waals surface area (Å²) >= 11 is 0. The average Bonchev–Trinajstić information content (AvgIpc) is 2.60. The Kier molecular flexibility index (Phi) is 2.92. The van der Waals surface area contributed by atoms with E-state index in [1.807, 2.05) is 6.92 Å². The van der Waals surface area contributed by atoms with Gasteiger partial charge in [0.25, 0.3) is 0 Å². The van der Waals surface area contributed by atoms with Gasteiger partial charge in [-0.1, -0.05) is 6.92 Å². The van der Waals surface area contributed by atoms with E-state index in [9.17, 15) is 9.50 Å². The van der Waals surface area contributed by atoms with Gasteiger partial charge in [-0.2, -0.15) is 0 Å². The highest BCUT2D eigenvalue weighted by Crippen LogP contribution is 2.44. The summed E-state index contributed by atoms with van der Waals surface area (Å²) in [6.45, 7) is 1.97. The second kappa shape index (κ2) is 4.45. The number of hydrogen-bond acceptors (Lipinski definition) is 2. The number of piperidine rings is 1. The van der Waals surface area contributed by atoms with E-state index in [1.165, 1.54) is 6.42 Å². The van der Waals surface area contributed by atoms with Crippen LogP contribution in [-0.4, -0.2) is 17.2 Å². The molecule has 2 aliphatic rings. The molecule has 2 atom stereocenters. The molecule has 1 aromatic rings. The fraction of sp³-hybridized carbons (Fsp3) is 0.600. The number of aryl methyl sites for hydroxylation is 1. The summed E-state index contributed by atoms with van der Waals surface area (Å²) in [5.41, 5.74) is 1.30. The smallest absolute Gasteiger partial charge is 0.150 e. The van der Waals surface area contributed by atoms with Crippen LogP contribution in [0.15, 0.2) is 12.1 Å². The van der Waals surface area contributed by atoms with Crippen LogP contribution in [0.3, 0.4) is 0 Å². The van der Waals surface area contributed by atoms with Gasteiger partial charge >= 0.3 is 0 Å². The van der Waals surface area contributed by atoms with Crippen molar-refractivity contribution in [2.75, 3.05) is 4.90 Å². The first kappa shape index (κ1) is 11.8. The zero-order chi connectivity index (χ0) is 12.7. The first-order valence-corrected chi connectivity index (χ1v) is 7.00. The van der Waals surface area contributed by atoms with Gasteiger partial charge in [-0.05, 0) is 56.2 Å². The maximum Gasteiger partial charge on any atom is 0.150 e. The first-order valence-electron chi connectivity index (χ1n) is 7.00. The van der Waals surface area contributed by atoms with Gasteiger partial charge in [0.2, 0.25) is 0 Å². The third-order valence-electron chi connectivity index (χ3n) is 4.46. The Morgan fingerprint density at radius 1 is 1.22 bits per heavy atom. The molecule has 2 aliphatic heterocycles. The minimum Gasteiger partial charge on any atom is -0.506 e. The predicted molar refractivity (Wildman–Crippen MR) is 70.6 cm³/mol. The van der Waals surface area contributed by atoms with Gasteiger partial charge in [-0.3, -0.25) is 0 Å². The number of phenolic OH excluding ortho intramolecular Hbond substituents is 1. The lowest BCUT2D eigenvalue weighted by Crippen LogP contribution is -2.40. The zero-order valence-electron chi connectivity index (χ0n) is 10.8. The van der Waals surface area contributed by atoms with Crippen LogP contribution < -0.4 is 4.90 Å². The quantitative estimate of drug-likeness (QED) is 0.865. The summed E-state index contributed by atoms with van der Waals surface area (Å²) in [6, 6.07) is 4.14. The molecule has 2 fully saturated rings. The van der Waals surface area contributed by atoms with Crippen molar-refractivity contribution in [3.8, 4) is 5.75 Å². The van der Waals surface area contributed by atoms with Crippen LogP contribution in [0.1, 0.15) is 44.6 Å². The normalized spacial score (nSPS) is 26.7. The van der Waals surface area contributed by atoms with Crippen LogP contribution >= 0.6 is 0 Å². The Balaban J connectivity index is 2.02. The Hall–Kier alpha value is -1.25. The molecule has 0 radical (unpaired) electrons. The van der Waals surface area contributed by atoms with Crippen molar-refractivity contribution in [1.82, 2.24) is 0 Å². The number of anilines is 1. The second-order valence-electron chi connectivity index (χ2n) is 5.52. The van der Waals surface area contributed by atoms with Crippen LogP contribution in [0.5, 0.6) is 5.75 Å². The van der Waals surface area contributed by atoms with Gasteiger partial charge in [0.05, 0.1) is 0 Å². The molecule has 0 amide bonds. The van der Waals surface area contributed by atoms with Crippen molar-refractivity contribution in [3.05, 3.63) is 23.5 Å². The number of aromatic hydroxyl groups is 1. The van der Waals surface area contributed by atoms with Gasteiger partial charge in [0.1, 0.15) is 11.4 Å². The third kappa shape index (κ3) is 1.76. The number of fused-ring (bicyclic) bond motifs is 2. The van der Waals surface area contributed by atoms with Crippen molar-refractivity contribution in [2.24, 2.45) is 0 Å². The molecule has 2 unspecified atom stereocenters. The van der Waals surface area contributed by atoms with E-state index in [1.54, 1.807) is 12.1 Å². The topological polar surface area (TPSA) is 23.5 Å². The second-order valence-corrected chi connectivity index (χ2v) is 5.52. The SMILES string of the molecule is CCc1cc(O)c(N2C3CCCC2CC3)c(F)c1. The highest BCUT2D eigenvalue weighted by Gasteiger charge is 2.38. The molecule has 2 bridgehead atoms. The number of rotatable bonds is 2. The van der Waals surface area contributed by atoms with E-state index < -0.39 is 0 Å². The number of nitrogens with zero attached hydrogens (tertiary/aromatic N) is 1. The molecule has 0 saturated carbocycles. The number of phenols is 1. The van der Waals surface area contributed by atoms with Gasteiger partial charge in [-0.15, -0.1) is 0 Å². The Bertz CT molecular complexity index is 421. The van der Waals surface area contributed by atoms with Crippen molar-refractivity contribution >= 4 is 5.69 Å². The van der Waals surface area contributed by atoms with E-state index in [4.69, 9.17) is 0 Å². The standard InChI is InChI=1S/C15H20FNO/c1-2-10-8-13(16)15(14(18)9-10)17-11-4-3-5-12(17)7-6-11/h8-9,11-12,18H,2-7H2,1H3. The van der Waals surface area contributed by atoms with Crippen molar-refractivity contribution in [1.29, 1.82) is 0 Å². The van der Waals surface area contributed by atoms with Crippen molar-refractivity contribution in [2.45, 2.75) is 57.5 Å². The maximum absolute atomic E-state index is 14.3. The molecule has 0 spiro atoms. The maximum atomic E-state index is 14.3. The number of halogens is 1. The predicted octanol–water partition coefficient (Wildman–Crippen LogP) is 3.62. The van der Waals surface area contributed by atoms with Crippen LogP contribution in [0.4, 0.5) is 10.1 Å². The van der Waals surface area contributed by atoms with E-state index in [0.717, 1.165) is 37.7 Å². The highest BCUT2D eigenvalue weighted by molar-refractivity contribution is 5.62. The van der Waals surface area contributed by atoms with E-state index in [-0.39, 0.29) is 11.6 Å². The average molecular weight is 249 g/mol. The fourth-order valence-electron chi connectivity index (χ4n) is 3.58. The molecule has 18 heavy (non-hydrogen) atoms. The summed E-state index contributed by atoms with van der Waals surface area (Å²) in [6.07, 6.45) is 6.52. The largest absolute Gasteiger partial charge is 0.506 e. The highest BCUT2D eigenvalue weighted by atomic mass is 19.1. The summed E-state index contributed by atoms with van der Waals surface area (Å²) in [4.78, 5) is 2.15. The third-order valence-corrected chi connectivity index (χ3v) is 4.46. The molecule has 0 aromatic heterocycles. The molecule has 2 saturated heterocycles. The van der Waals surface area contributed by atoms with E-state index in [0.29, 0.717) is 17.8 Å². The minimum atomic E-state index is -0.259. The molecule has 1 N–H and O–H groups in total. The molecule has 0 aliphatic carbocycles. The summed E-state index contributed by atoms with van der Waals surface area (Å²) in [5, 5.41) is 10.1. The van der Waals surface area contributed by atoms with Gasteiger partial charge in [-0.25, -0.2) is 4.39 Å². The van der Waals surface area contributed by atoms with Gasteiger partial charge in [0.15, 0.2) is 5.82 Å². The lowest BCUT2D eigenvalue weighted by Gasteiger charge is -2.37. The van der Waals surface area contributed by atoms with Crippen LogP contribution in [0.2, 0.25) is 0 Å². The molecule has 2 nitrogen and oxygen atoms in total. The fourth-order valence-corrected chi connectivity index (χ4v) is 3.58. The number of hydrogen-bond donors (Lipinski definition) is 1. The zero-order valence-corrected chi connectivity index (χ0v) is 10.8. The molecule has 98 valence electrons. The molecular formula is C15H20FNO. The van der Waals surface area contributed by atoms with Crippen LogP contribution in [0.25, 0.3) is 0 Å². The molecular weight excluding hydrogens is 229 g/mol. The molecule has 3 heteroatoms. The number of benzene rings is 1. The molecule has 1 aromatic carbocycles. The van der Waals surface area contributed by atoms with E-state index >= 15 is 0 Å². The molecule has 3 rings (SSSR count). The summed E-state index contributed by atoms with van der Waals surface area (Å²) in [7, 11) is 0. The molecule has 2 heterocycles. The van der Waals surface area contributed by atoms with Gasteiger partial charge in [0, 0.05) is 12.1 Å².